The van der Waals surface area contributed by atoms with E-state index < -0.39 is 124 Å². The van der Waals surface area contributed by atoms with Crippen molar-refractivity contribution in [1.82, 2.24) is 5.32 Å². The van der Waals surface area contributed by atoms with Crippen LogP contribution in [0.5, 0.6) is 0 Å². The summed E-state index contributed by atoms with van der Waals surface area (Å²) in [5.74, 6) is -0.252. The molecule has 0 aromatic rings. The molecule has 85 heavy (non-hydrogen) atoms. The Morgan fingerprint density at radius 3 is 1.27 bits per heavy atom. The van der Waals surface area contributed by atoms with Crippen LogP contribution in [0.2, 0.25) is 0 Å². The van der Waals surface area contributed by atoms with E-state index in [0.717, 1.165) is 89.9 Å². The molecule has 0 radical (unpaired) electrons. The molecule has 0 bridgehead atoms. The standard InChI is InChI=1S/C66H115NO18/c1-3-5-7-9-10-11-12-13-14-15-16-17-18-19-20-21-22-23-24-25-26-27-28-29-30-31-32-33-34-35-36-37-38-40-42-44-54(72)67-49(50(71)43-41-39-8-6-4-2)48-80-64-60(78)57(75)62(52(46-69)82-64)85-66-61(79)58(76)63(53(47-70)83-66)84-65-59(77)56(74)55(73)51(45-68)81-65/h5,7,10-11,13-14,16-17,19-20,22-23,49-53,55-66,68-71,73-79H,3-4,6,8-9,12,15,18,21,24-48H2,1-2H3,(H,67,72)/b7-5-,11-10-,14-13-,17-16-,20-19-,23-22-. The predicted molar refractivity (Wildman–Crippen MR) is 328 cm³/mol. The summed E-state index contributed by atoms with van der Waals surface area (Å²) in [7, 11) is 0. The molecule has 0 saturated carbocycles. The van der Waals surface area contributed by atoms with Crippen LogP contribution in [0, 0.1) is 0 Å². The Bertz CT molecular complexity index is 1830. The van der Waals surface area contributed by atoms with E-state index in [2.05, 4.69) is 92.1 Å². The SMILES string of the molecule is CC/C=C\C/C=C\C/C=C\C/C=C\C/C=C\C/C=C\CCCCCCCCCCCCCCCCCCC(=O)NC(COC1OC(CO)C(OC2OC(CO)C(OC3OC(CO)C(O)C(O)C3O)C(O)C2O)C(O)C1O)C(O)CCCCCCC. The van der Waals surface area contributed by atoms with Gasteiger partial charge in [0.15, 0.2) is 18.9 Å². The highest BCUT2D eigenvalue weighted by molar-refractivity contribution is 5.76. The minimum Gasteiger partial charge on any atom is -0.394 e. The number of carbonyl (C=O) groups excluding carboxylic acids is 1. The average molecular weight is 1210 g/mol. The molecule has 3 heterocycles. The Hall–Kier alpha value is -2.77. The molecule has 3 saturated heterocycles. The van der Waals surface area contributed by atoms with Crippen LogP contribution in [-0.2, 0) is 33.2 Å². The lowest BCUT2D eigenvalue weighted by Gasteiger charge is -2.48. The first-order valence-corrected chi connectivity index (χ1v) is 32.7. The highest BCUT2D eigenvalue weighted by Crippen LogP contribution is 2.33. The molecule has 19 nitrogen and oxygen atoms in total. The van der Waals surface area contributed by atoms with E-state index in [9.17, 15) is 61.0 Å². The third-order valence-electron chi connectivity index (χ3n) is 16.0. The Balaban J connectivity index is 1.27. The highest BCUT2D eigenvalue weighted by atomic mass is 16.8. The molecule has 0 aromatic carbocycles. The first kappa shape index (κ1) is 76.5. The monoisotopic (exact) mass is 1210 g/mol. The summed E-state index contributed by atoms with van der Waals surface area (Å²) in [5, 5.41) is 120. The van der Waals surface area contributed by atoms with Gasteiger partial charge in [-0.25, -0.2) is 0 Å². The van der Waals surface area contributed by atoms with Crippen molar-refractivity contribution < 1.29 is 89.4 Å². The van der Waals surface area contributed by atoms with Crippen LogP contribution in [0.25, 0.3) is 0 Å². The van der Waals surface area contributed by atoms with Crippen LogP contribution in [0.15, 0.2) is 72.9 Å². The Labute approximate surface area is 508 Å². The number of allylic oxidation sites excluding steroid dienone is 12. The van der Waals surface area contributed by atoms with Gasteiger partial charge >= 0.3 is 0 Å². The Morgan fingerprint density at radius 2 is 0.812 bits per heavy atom. The molecule has 12 N–H and O–H groups in total. The maximum Gasteiger partial charge on any atom is 0.220 e. The fourth-order valence-electron chi connectivity index (χ4n) is 10.7. The van der Waals surface area contributed by atoms with Crippen molar-refractivity contribution in [3.8, 4) is 0 Å². The zero-order valence-corrected chi connectivity index (χ0v) is 51.6. The predicted octanol–water partition coefficient (Wildman–Crippen LogP) is 7.38. The van der Waals surface area contributed by atoms with Gasteiger partial charge in [0.2, 0.25) is 5.91 Å². The van der Waals surface area contributed by atoms with Gasteiger partial charge in [-0.1, -0.05) is 209 Å². The van der Waals surface area contributed by atoms with Crippen LogP contribution in [0.1, 0.15) is 206 Å². The lowest BCUT2D eigenvalue weighted by molar-refractivity contribution is -0.379. The summed E-state index contributed by atoms with van der Waals surface area (Å²) >= 11 is 0. The van der Waals surface area contributed by atoms with Crippen LogP contribution >= 0.6 is 0 Å². The molecule has 0 spiro atoms. The minimum atomic E-state index is -1.97. The van der Waals surface area contributed by atoms with Crippen molar-refractivity contribution in [2.24, 2.45) is 0 Å². The first-order valence-electron chi connectivity index (χ1n) is 32.7. The maximum atomic E-state index is 13.3. The van der Waals surface area contributed by atoms with Crippen molar-refractivity contribution in [2.45, 2.75) is 311 Å². The van der Waals surface area contributed by atoms with Gasteiger partial charge in [0.25, 0.3) is 0 Å². The third kappa shape index (κ3) is 31.0. The van der Waals surface area contributed by atoms with E-state index in [1.54, 1.807) is 0 Å². The van der Waals surface area contributed by atoms with Crippen LogP contribution in [-0.4, -0.2) is 193 Å². The second-order valence-electron chi connectivity index (χ2n) is 23.2. The third-order valence-corrected chi connectivity index (χ3v) is 16.0. The molecule has 3 aliphatic rings. The van der Waals surface area contributed by atoms with Gasteiger partial charge in [-0.05, 0) is 64.2 Å². The van der Waals surface area contributed by atoms with Gasteiger partial charge in [0.1, 0.15) is 73.2 Å². The lowest BCUT2D eigenvalue weighted by atomic mass is 9.96. The second kappa shape index (κ2) is 48.1. The normalized spacial score (nSPS) is 29.4. The number of aliphatic hydroxyl groups excluding tert-OH is 11. The zero-order chi connectivity index (χ0) is 61.9. The zero-order valence-electron chi connectivity index (χ0n) is 51.6. The summed E-state index contributed by atoms with van der Waals surface area (Å²) in [6.45, 7) is 1.56. The second-order valence-corrected chi connectivity index (χ2v) is 23.2. The number of hydrogen-bond acceptors (Lipinski definition) is 18. The van der Waals surface area contributed by atoms with E-state index in [-0.39, 0.29) is 18.9 Å². The van der Waals surface area contributed by atoms with Gasteiger partial charge in [0.05, 0.1) is 38.6 Å². The molecule has 1 amide bonds. The number of ether oxygens (including phenoxy) is 6. The van der Waals surface area contributed by atoms with Crippen molar-refractivity contribution >= 4 is 5.91 Å². The molecular weight excluding hydrogens is 1090 g/mol. The first-order chi connectivity index (χ1) is 41.3. The van der Waals surface area contributed by atoms with E-state index in [1.165, 1.54) is 83.5 Å². The molecule has 492 valence electrons. The molecule has 3 fully saturated rings. The van der Waals surface area contributed by atoms with E-state index >= 15 is 0 Å². The number of unbranched alkanes of at least 4 members (excludes halogenated alkanes) is 20. The summed E-state index contributed by atoms with van der Waals surface area (Å²) in [6, 6.07) is -0.885. The van der Waals surface area contributed by atoms with Gasteiger partial charge in [-0.3, -0.25) is 4.79 Å². The largest absolute Gasteiger partial charge is 0.394 e. The fourth-order valence-corrected chi connectivity index (χ4v) is 10.7. The summed E-state index contributed by atoms with van der Waals surface area (Å²) in [4.78, 5) is 13.3. The number of hydrogen-bond donors (Lipinski definition) is 12. The summed E-state index contributed by atoms with van der Waals surface area (Å²) < 4.78 is 34.2. The number of carbonyl (C=O) groups is 1. The minimum absolute atomic E-state index is 0.252. The topological polar surface area (TPSA) is 307 Å². The van der Waals surface area contributed by atoms with E-state index in [1.807, 2.05) is 0 Å². The number of amides is 1. The highest BCUT2D eigenvalue weighted by Gasteiger charge is 2.53. The molecule has 3 rings (SSSR count). The van der Waals surface area contributed by atoms with Gasteiger partial charge < -0.3 is 89.9 Å². The maximum absolute atomic E-state index is 13.3. The summed E-state index contributed by atoms with van der Waals surface area (Å²) in [6.07, 6.45) is 32.3. The van der Waals surface area contributed by atoms with E-state index in [4.69, 9.17) is 28.4 Å². The molecule has 0 aromatic heterocycles. The van der Waals surface area contributed by atoms with Crippen molar-refractivity contribution in [3.05, 3.63) is 72.9 Å². The number of nitrogens with one attached hydrogen (secondary N) is 1. The van der Waals surface area contributed by atoms with Crippen LogP contribution < -0.4 is 5.32 Å². The average Bonchev–Trinajstić information content (AvgIpc) is 2.21. The van der Waals surface area contributed by atoms with Gasteiger partial charge in [-0.2, -0.15) is 0 Å². The lowest BCUT2D eigenvalue weighted by Crippen LogP contribution is -2.66. The van der Waals surface area contributed by atoms with E-state index in [0.29, 0.717) is 12.8 Å². The molecule has 0 aliphatic carbocycles. The van der Waals surface area contributed by atoms with Gasteiger partial charge in [-0.15, -0.1) is 0 Å². The van der Waals surface area contributed by atoms with Gasteiger partial charge in [0, 0.05) is 6.42 Å². The summed E-state index contributed by atoms with van der Waals surface area (Å²) in [5.41, 5.74) is 0. The molecule has 19 heteroatoms. The Morgan fingerprint density at radius 1 is 0.435 bits per heavy atom. The molecule has 17 atom stereocenters. The van der Waals surface area contributed by atoms with Crippen LogP contribution in [0.3, 0.4) is 0 Å². The quantitative estimate of drug-likeness (QED) is 0.0209. The number of aliphatic hydroxyl groups is 11. The van der Waals surface area contributed by atoms with Crippen LogP contribution in [0.4, 0.5) is 0 Å². The van der Waals surface area contributed by atoms with Crippen molar-refractivity contribution in [2.75, 3.05) is 26.4 Å². The van der Waals surface area contributed by atoms with Crippen molar-refractivity contribution in [1.29, 1.82) is 0 Å². The molecule has 3 aliphatic heterocycles. The molecular formula is C66H115NO18. The van der Waals surface area contributed by atoms with Crippen molar-refractivity contribution in [3.63, 3.8) is 0 Å². The fraction of sp³-hybridized carbons (Fsp3) is 0.803. The number of rotatable bonds is 48. The smallest absolute Gasteiger partial charge is 0.220 e. The molecule has 17 unspecified atom stereocenters. The Kier molecular flexibility index (Phi) is 43.3.